The molecule has 0 bridgehead atoms. The summed E-state index contributed by atoms with van der Waals surface area (Å²) in [6.07, 6.45) is -1.02. The van der Waals surface area contributed by atoms with E-state index >= 15 is 0 Å². The Morgan fingerprint density at radius 2 is 1.90 bits per heavy atom. The lowest BCUT2D eigenvalue weighted by atomic mass is 10.3. The van der Waals surface area contributed by atoms with Gasteiger partial charge in [-0.3, -0.25) is 4.79 Å². The van der Waals surface area contributed by atoms with Crippen LogP contribution < -0.4 is 5.32 Å². The Bertz CT molecular complexity index is 653. The molecule has 1 aromatic heterocycles. The minimum Gasteiger partial charge on any atom is -0.447 e. The molecule has 0 fully saturated rings. The average molecular weight is 356 g/mol. The van der Waals surface area contributed by atoms with Crippen molar-refractivity contribution in [1.29, 1.82) is 0 Å². The number of benzene rings is 1. The van der Waals surface area contributed by atoms with Gasteiger partial charge >= 0.3 is 5.97 Å². The number of furan rings is 1. The van der Waals surface area contributed by atoms with Crippen molar-refractivity contribution < 1.29 is 23.1 Å². The average Bonchev–Trinajstić information content (AvgIpc) is 2.88. The number of anilines is 1. The number of nitrogens with one attached hydrogen (secondary N) is 1. The number of carbonyl (C=O) groups excluding carboxylic acids is 2. The van der Waals surface area contributed by atoms with E-state index in [0.717, 1.165) is 0 Å². The molecule has 110 valence electrons. The van der Waals surface area contributed by atoms with E-state index in [1.165, 1.54) is 37.3 Å². The minimum absolute atomic E-state index is 0.0108. The fourth-order valence-corrected chi connectivity index (χ4v) is 1.78. The van der Waals surface area contributed by atoms with Crippen molar-refractivity contribution in [3.63, 3.8) is 0 Å². The third kappa shape index (κ3) is 4.16. The minimum atomic E-state index is -1.02. The third-order valence-corrected chi connectivity index (χ3v) is 2.97. The smallest absolute Gasteiger partial charge is 0.375 e. The highest BCUT2D eigenvalue weighted by Crippen LogP contribution is 2.16. The summed E-state index contributed by atoms with van der Waals surface area (Å²) in [4.78, 5) is 23.6. The maximum absolute atomic E-state index is 12.7. The van der Waals surface area contributed by atoms with Gasteiger partial charge in [0.2, 0.25) is 5.76 Å². The lowest BCUT2D eigenvalue weighted by Crippen LogP contribution is -2.29. The Kier molecular flexibility index (Phi) is 4.74. The van der Waals surface area contributed by atoms with Crippen LogP contribution in [0.3, 0.4) is 0 Å². The second-order valence-electron chi connectivity index (χ2n) is 4.15. The summed E-state index contributed by atoms with van der Waals surface area (Å²) >= 11 is 3.06. The standard InChI is InChI=1S/C14H11BrFNO4/c1-8(20-14(19)11-6-7-12(15)21-11)13(18)17-10-4-2-9(16)3-5-10/h2-8H,1H3,(H,17,18)/t8-/m1/s1. The summed E-state index contributed by atoms with van der Waals surface area (Å²) in [6, 6.07) is 8.22. The molecule has 1 atom stereocenters. The zero-order valence-electron chi connectivity index (χ0n) is 10.9. The van der Waals surface area contributed by atoms with E-state index in [2.05, 4.69) is 21.2 Å². The maximum atomic E-state index is 12.7. The van der Waals surface area contributed by atoms with Crippen LogP contribution in [0.25, 0.3) is 0 Å². The third-order valence-electron chi connectivity index (χ3n) is 2.54. The molecule has 5 nitrogen and oxygen atoms in total. The van der Waals surface area contributed by atoms with Crippen molar-refractivity contribution in [2.24, 2.45) is 0 Å². The van der Waals surface area contributed by atoms with Crippen molar-refractivity contribution in [3.05, 3.63) is 52.6 Å². The largest absolute Gasteiger partial charge is 0.447 e. The predicted molar refractivity (Wildman–Crippen MR) is 76.3 cm³/mol. The van der Waals surface area contributed by atoms with Gasteiger partial charge in [-0.15, -0.1) is 0 Å². The maximum Gasteiger partial charge on any atom is 0.375 e. The summed E-state index contributed by atoms with van der Waals surface area (Å²) in [5.41, 5.74) is 0.407. The summed E-state index contributed by atoms with van der Waals surface area (Å²) in [5, 5.41) is 2.51. The fraction of sp³-hybridized carbons (Fsp3) is 0.143. The molecule has 0 unspecified atom stereocenters. The molecule has 0 aliphatic carbocycles. The monoisotopic (exact) mass is 355 g/mol. The molecule has 1 amide bonds. The van der Waals surface area contributed by atoms with Crippen LogP contribution in [-0.2, 0) is 9.53 Å². The van der Waals surface area contributed by atoms with Crippen LogP contribution in [0.5, 0.6) is 0 Å². The van der Waals surface area contributed by atoms with E-state index in [0.29, 0.717) is 10.4 Å². The van der Waals surface area contributed by atoms with Gasteiger partial charge in [0.15, 0.2) is 10.8 Å². The number of carbonyl (C=O) groups is 2. The Morgan fingerprint density at radius 1 is 1.24 bits per heavy atom. The number of halogens is 2. The SMILES string of the molecule is C[C@@H](OC(=O)c1ccc(Br)o1)C(=O)Nc1ccc(F)cc1. The van der Waals surface area contributed by atoms with Crippen molar-refractivity contribution in [2.75, 3.05) is 5.32 Å². The van der Waals surface area contributed by atoms with Gasteiger partial charge in [0, 0.05) is 5.69 Å². The van der Waals surface area contributed by atoms with Gasteiger partial charge < -0.3 is 14.5 Å². The van der Waals surface area contributed by atoms with Crippen molar-refractivity contribution in [2.45, 2.75) is 13.0 Å². The summed E-state index contributed by atoms with van der Waals surface area (Å²) < 4.78 is 23.1. The molecule has 2 aromatic rings. The van der Waals surface area contributed by atoms with Crippen LogP contribution in [-0.4, -0.2) is 18.0 Å². The summed E-state index contributed by atoms with van der Waals surface area (Å²) in [6.45, 7) is 1.43. The number of hydrogen-bond acceptors (Lipinski definition) is 4. The number of ether oxygens (including phenoxy) is 1. The summed E-state index contributed by atoms with van der Waals surface area (Å²) in [5.74, 6) is -1.69. The molecule has 0 saturated carbocycles. The fourth-order valence-electron chi connectivity index (χ4n) is 1.47. The topological polar surface area (TPSA) is 68.5 Å². The Balaban J connectivity index is 1.93. The first-order chi connectivity index (χ1) is 9.95. The van der Waals surface area contributed by atoms with Crippen LogP contribution in [0, 0.1) is 5.82 Å². The number of amides is 1. The molecule has 0 spiro atoms. The second-order valence-corrected chi connectivity index (χ2v) is 4.93. The van der Waals surface area contributed by atoms with Gasteiger partial charge in [0.05, 0.1) is 0 Å². The molecular weight excluding hydrogens is 345 g/mol. The molecule has 1 aromatic carbocycles. The highest BCUT2D eigenvalue weighted by molar-refractivity contribution is 9.10. The number of rotatable bonds is 4. The normalized spacial score (nSPS) is 11.8. The molecule has 0 saturated heterocycles. The molecule has 7 heteroatoms. The van der Waals surface area contributed by atoms with E-state index in [4.69, 9.17) is 9.15 Å². The lowest BCUT2D eigenvalue weighted by Gasteiger charge is -2.12. The van der Waals surface area contributed by atoms with Crippen LogP contribution in [0.1, 0.15) is 17.5 Å². The predicted octanol–water partition coefficient (Wildman–Crippen LogP) is 3.37. The number of esters is 1. The highest BCUT2D eigenvalue weighted by atomic mass is 79.9. The number of hydrogen-bond donors (Lipinski definition) is 1. The molecule has 21 heavy (non-hydrogen) atoms. The molecule has 0 aliphatic heterocycles. The molecule has 2 rings (SSSR count). The lowest BCUT2D eigenvalue weighted by molar-refractivity contribution is -0.123. The van der Waals surface area contributed by atoms with Crippen molar-refractivity contribution >= 4 is 33.5 Å². The quantitative estimate of drug-likeness (QED) is 0.853. The molecule has 0 aliphatic rings. The van der Waals surface area contributed by atoms with Gasteiger partial charge in [-0.25, -0.2) is 9.18 Å². The van der Waals surface area contributed by atoms with Crippen LogP contribution in [0.4, 0.5) is 10.1 Å². The van der Waals surface area contributed by atoms with Crippen molar-refractivity contribution in [3.8, 4) is 0 Å². The van der Waals surface area contributed by atoms with Gasteiger partial charge in [-0.2, -0.15) is 0 Å². The van der Waals surface area contributed by atoms with Crippen LogP contribution >= 0.6 is 15.9 Å². The Morgan fingerprint density at radius 3 is 2.48 bits per heavy atom. The van der Waals surface area contributed by atoms with Crippen LogP contribution in [0.2, 0.25) is 0 Å². The molecular formula is C14H11BrFNO4. The summed E-state index contributed by atoms with van der Waals surface area (Å²) in [7, 11) is 0. The molecule has 0 radical (unpaired) electrons. The van der Waals surface area contributed by atoms with Gasteiger partial charge in [0.1, 0.15) is 5.82 Å². The van der Waals surface area contributed by atoms with E-state index < -0.39 is 23.8 Å². The second kappa shape index (κ2) is 6.53. The zero-order valence-corrected chi connectivity index (χ0v) is 12.5. The first-order valence-electron chi connectivity index (χ1n) is 5.98. The van der Waals surface area contributed by atoms with E-state index in [9.17, 15) is 14.0 Å². The Hall–Kier alpha value is -2.15. The van der Waals surface area contributed by atoms with E-state index in [1.807, 2.05) is 0 Å². The van der Waals surface area contributed by atoms with Crippen molar-refractivity contribution in [1.82, 2.24) is 0 Å². The van der Waals surface area contributed by atoms with Gasteiger partial charge in [0.25, 0.3) is 5.91 Å². The zero-order chi connectivity index (χ0) is 15.4. The van der Waals surface area contributed by atoms with E-state index in [1.54, 1.807) is 6.07 Å². The van der Waals surface area contributed by atoms with Gasteiger partial charge in [-0.1, -0.05) is 0 Å². The first kappa shape index (κ1) is 15.2. The van der Waals surface area contributed by atoms with Crippen LogP contribution in [0.15, 0.2) is 45.5 Å². The van der Waals surface area contributed by atoms with Gasteiger partial charge in [-0.05, 0) is 59.3 Å². The molecule has 1 N–H and O–H groups in total. The highest BCUT2D eigenvalue weighted by Gasteiger charge is 2.21. The van der Waals surface area contributed by atoms with E-state index in [-0.39, 0.29) is 5.76 Å². The first-order valence-corrected chi connectivity index (χ1v) is 6.78. The molecule has 1 heterocycles. The Labute approximate surface area is 128 Å².